The Morgan fingerprint density at radius 1 is 1.17 bits per heavy atom. The Balaban J connectivity index is 1.65. The first-order valence-electron chi connectivity index (χ1n) is 7.48. The number of nitrogens with one attached hydrogen (secondary N) is 1. The third-order valence-corrected chi connectivity index (χ3v) is 3.68. The third kappa shape index (κ3) is 3.48. The Bertz CT molecular complexity index is 806. The van der Waals surface area contributed by atoms with Crippen molar-refractivity contribution in [1.29, 1.82) is 0 Å². The van der Waals surface area contributed by atoms with Crippen molar-refractivity contribution in [2.24, 2.45) is 0 Å². The highest BCUT2D eigenvalue weighted by molar-refractivity contribution is 5.95. The molecule has 0 aliphatic rings. The molecule has 3 aromatic rings. The predicted octanol–water partition coefficient (Wildman–Crippen LogP) is 3.89. The van der Waals surface area contributed by atoms with Crippen LogP contribution in [0.4, 0.5) is 0 Å². The maximum Gasteiger partial charge on any atom is 0.251 e. The van der Waals surface area contributed by atoms with Gasteiger partial charge in [-0.2, -0.15) is 0 Å². The average molecular weight is 306 g/mol. The third-order valence-electron chi connectivity index (χ3n) is 3.68. The minimum Gasteiger partial charge on any atom is -0.463 e. The van der Waals surface area contributed by atoms with E-state index in [0.717, 1.165) is 28.1 Å². The summed E-state index contributed by atoms with van der Waals surface area (Å²) in [6.07, 6.45) is 3.37. The lowest BCUT2D eigenvalue weighted by molar-refractivity contribution is 0.0950. The van der Waals surface area contributed by atoms with Crippen LogP contribution in [0.25, 0.3) is 11.5 Å². The molecule has 0 unspecified atom stereocenters. The lowest BCUT2D eigenvalue weighted by atomic mass is 10.1. The minimum atomic E-state index is -0.0717. The van der Waals surface area contributed by atoms with E-state index >= 15 is 0 Å². The smallest absolute Gasteiger partial charge is 0.251 e. The second-order valence-electron chi connectivity index (χ2n) is 5.53. The van der Waals surface area contributed by atoms with Gasteiger partial charge in [0.25, 0.3) is 5.91 Å². The van der Waals surface area contributed by atoms with Crippen molar-refractivity contribution in [2.75, 3.05) is 0 Å². The molecule has 0 aliphatic carbocycles. The van der Waals surface area contributed by atoms with Crippen LogP contribution in [-0.4, -0.2) is 10.9 Å². The average Bonchev–Trinajstić information content (AvgIpc) is 3.07. The number of pyridine rings is 1. The fourth-order valence-electron chi connectivity index (χ4n) is 2.45. The molecular weight excluding hydrogens is 288 g/mol. The molecule has 23 heavy (non-hydrogen) atoms. The number of aromatic nitrogens is 1. The van der Waals surface area contributed by atoms with Crippen LogP contribution in [0.1, 0.15) is 27.0 Å². The highest BCUT2D eigenvalue weighted by Gasteiger charge is 2.09. The van der Waals surface area contributed by atoms with Crippen molar-refractivity contribution >= 4 is 5.91 Å². The van der Waals surface area contributed by atoms with Gasteiger partial charge >= 0.3 is 0 Å². The van der Waals surface area contributed by atoms with Crippen molar-refractivity contribution in [2.45, 2.75) is 20.4 Å². The molecule has 4 heteroatoms. The SMILES string of the molecule is Cc1ccc(C(=O)NCc2ccc(-c3ccco3)nc2)c(C)c1. The fraction of sp³-hybridized carbons (Fsp3) is 0.158. The molecule has 2 heterocycles. The molecule has 2 aromatic heterocycles. The predicted molar refractivity (Wildman–Crippen MR) is 89.0 cm³/mol. The van der Waals surface area contributed by atoms with Crippen molar-refractivity contribution in [3.8, 4) is 11.5 Å². The first-order valence-corrected chi connectivity index (χ1v) is 7.48. The van der Waals surface area contributed by atoms with E-state index in [1.54, 1.807) is 12.5 Å². The number of hydrogen-bond acceptors (Lipinski definition) is 3. The van der Waals surface area contributed by atoms with Gasteiger partial charge in [-0.3, -0.25) is 9.78 Å². The number of furan rings is 1. The Morgan fingerprint density at radius 3 is 2.70 bits per heavy atom. The second kappa shape index (κ2) is 6.48. The molecule has 116 valence electrons. The van der Waals surface area contributed by atoms with Gasteiger partial charge in [0.2, 0.25) is 0 Å². The molecule has 1 amide bonds. The summed E-state index contributed by atoms with van der Waals surface area (Å²) in [5.41, 5.74) is 4.55. The number of nitrogens with zero attached hydrogens (tertiary/aromatic N) is 1. The molecule has 0 radical (unpaired) electrons. The summed E-state index contributed by atoms with van der Waals surface area (Å²) in [7, 11) is 0. The van der Waals surface area contributed by atoms with Crippen molar-refractivity contribution in [3.63, 3.8) is 0 Å². The summed E-state index contributed by atoms with van der Waals surface area (Å²) in [6, 6.07) is 13.3. The Kier molecular flexibility index (Phi) is 4.24. The highest BCUT2D eigenvalue weighted by atomic mass is 16.3. The molecule has 4 nitrogen and oxygen atoms in total. The van der Waals surface area contributed by atoms with E-state index in [1.807, 2.05) is 56.3 Å². The van der Waals surface area contributed by atoms with Gasteiger partial charge in [-0.15, -0.1) is 0 Å². The van der Waals surface area contributed by atoms with Gasteiger partial charge in [-0.1, -0.05) is 23.8 Å². The maximum absolute atomic E-state index is 12.3. The normalized spacial score (nSPS) is 10.5. The van der Waals surface area contributed by atoms with Gasteiger partial charge in [0.1, 0.15) is 5.69 Å². The van der Waals surface area contributed by atoms with Crippen LogP contribution in [0.15, 0.2) is 59.3 Å². The van der Waals surface area contributed by atoms with E-state index in [0.29, 0.717) is 12.1 Å². The molecule has 0 aliphatic heterocycles. The number of aryl methyl sites for hydroxylation is 2. The van der Waals surface area contributed by atoms with Crippen molar-refractivity contribution in [1.82, 2.24) is 10.3 Å². The van der Waals surface area contributed by atoms with Crippen LogP contribution in [0.2, 0.25) is 0 Å². The van der Waals surface area contributed by atoms with E-state index in [1.165, 1.54) is 0 Å². The van der Waals surface area contributed by atoms with Crippen LogP contribution in [0, 0.1) is 13.8 Å². The molecule has 0 bridgehead atoms. The summed E-state index contributed by atoms with van der Waals surface area (Å²) < 4.78 is 5.31. The maximum atomic E-state index is 12.3. The lowest BCUT2D eigenvalue weighted by Crippen LogP contribution is -2.23. The standard InChI is InChI=1S/C19H18N2O2/c1-13-5-7-16(14(2)10-13)19(22)21-12-15-6-8-17(20-11-15)18-4-3-9-23-18/h3-11H,12H2,1-2H3,(H,21,22). The molecule has 0 spiro atoms. The van der Waals surface area contributed by atoms with Gasteiger partial charge < -0.3 is 9.73 Å². The molecular formula is C19H18N2O2. The van der Waals surface area contributed by atoms with Gasteiger partial charge in [0.05, 0.1) is 6.26 Å². The summed E-state index contributed by atoms with van der Waals surface area (Å²) in [5.74, 6) is 0.661. The fourth-order valence-corrected chi connectivity index (χ4v) is 2.45. The van der Waals surface area contributed by atoms with Crippen LogP contribution >= 0.6 is 0 Å². The zero-order valence-electron chi connectivity index (χ0n) is 13.2. The molecule has 3 rings (SSSR count). The Morgan fingerprint density at radius 2 is 2.04 bits per heavy atom. The number of carbonyl (C=O) groups is 1. The zero-order valence-corrected chi connectivity index (χ0v) is 13.2. The number of hydrogen-bond donors (Lipinski definition) is 1. The number of carbonyl (C=O) groups excluding carboxylic acids is 1. The summed E-state index contributed by atoms with van der Waals surface area (Å²) in [5, 5.41) is 2.93. The van der Waals surface area contributed by atoms with Crippen molar-refractivity contribution in [3.05, 3.63) is 77.2 Å². The quantitative estimate of drug-likeness (QED) is 0.795. The van der Waals surface area contributed by atoms with Gasteiger partial charge in [0, 0.05) is 18.3 Å². The zero-order chi connectivity index (χ0) is 16.2. The monoisotopic (exact) mass is 306 g/mol. The summed E-state index contributed by atoms with van der Waals surface area (Å²) in [4.78, 5) is 16.6. The van der Waals surface area contributed by atoms with Crippen LogP contribution in [0.5, 0.6) is 0 Å². The van der Waals surface area contributed by atoms with E-state index < -0.39 is 0 Å². The van der Waals surface area contributed by atoms with Gasteiger partial charge in [-0.25, -0.2) is 0 Å². The molecule has 0 fully saturated rings. The van der Waals surface area contributed by atoms with Crippen LogP contribution in [0.3, 0.4) is 0 Å². The van der Waals surface area contributed by atoms with Crippen LogP contribution < -0.4 is 5.32 Å². The summed E-state index contributed by atoms with van der Waals surface area (Å²) >= 11 is 0. The van der Waals surface area contributed by atoms with Crippen molar-refractivity contribution < 1.29 is 9.21 Å². The Hall–Kier alpha value is -2.88. The number of benzene rings is 1. The lowest BCUT2D eigenvalue weighted by Gasteiger charge is -2.08. The van der Waals surface area contributed by atoms with Gasteiger partial charge in [-0.05, 0) is 49.2 Å². The van der Waals surface area contributed by atoms with E-state index in [4.69, 9.17) is 4.42 Å². The molecule has 0 saturated carbocycles. The second-order valence-corrected chi connectivity index (χ2v) is 5.53. The summed E-state index contributed by atoms with van der Waals surface area (Å²) in [6.45, 7) is 4.40. The molecule has 1 N–H and O–H groups in total. The van der Waals surface area contributed by atoms with Gasteiger partial charge in [0.15, 0.2) is 5.76 Å². The highest BCUT2D eigenvalue weighted by Crippen LogP contribution is 2.17. The minimum absolute atomic E-state index is 0.0717. The molecule has 0 atom stereocenters. The van der Waals surface area contributed by atoms with E-state index in [2.05, 4.69) is 10.3 Å². The first kappa shape index (κ1) is 15.0. The van der Waals surface area contributed by atoms with Crippen LogP contribution in [-0.2, 0) is 6.54 Å². The first-order chi connectivity index (χ1) is 11.1. The molecule has 1 aromatic carbocycles. The van der Waals surface area contributed by atoms with E-state index in [9.17, 15) is 4.79 Å². The largest absolute Gasteiger partial charge is 0.463 e. The van der Waals surface area contributed by atoms with E-state index in [-0.39, 0.29) is 5.91 Å². The number of rotatable bonds is 4. The molecule has 0 saturated heterocycles. The topological polar surface area (TPSA) is 55.1 Å². The number of amides is 1. The Labute approximate surface area is 135 Å².